The molecule has 7 rings (SSSR count). The minimum absolute atomic E-state index is 0.0825. The maximum atomic E-state index is 15.4. The van der Waals surface area contributed by atoms with Gasteiger partial charge in [-0.3, -0.25) is 9.59 Å². The molecule has 3 saturated heterocycles. The fourth-order valence-electron chi connectivity index (χ4n) is 11.9. The molecular formula is C54H70N2O11Si2. The lowest BCUT2D eigenvalue weighted by Crippen LogP contribution is -2.51. The van der Waals surface area contributed by atoms with Crippen molar-refractivity contribution in [3.8, 4) is 23.0 Å². The first-order valence-electron chi connectivity index (χ1n) is 23.8. The summed E-state index contributed by atoms with van der Waals surface area (Å²) in [6, 6.07) is 21.2. The van der Waals surface area contributed by atoms with Crippen LogP contribution < -0.4 is 18.9 Å². The summed E-state index contributed by atoms with van der Waals surface area (Å²) in [5.41, 5.74) is 2.09. The molecule has 0 unspecified atom stereocenters. The van der Waals surface area contributed by atoms with Gasteiger partial charge in [-0.2, -0.15) is 0 Å². The summed E-state index contributed by atoms with van der Waals surface area (Å²) in [6.45, 7) is 24.0. The van der Waals surface area contributed by atoms with Crippen LogP contribution in [-0.2, 0) is 34.4 Å². The van der Waals surface area contributed by atoms with Crippen LogP contribution in [0.15, 0.2) is 72.8 Å². The number of methoxy groups -OCH3 is 4. The van der Waals surface area contributed by atoms with Gasteiger partial charge in [0.25, 0.3) is 0 Å². The second kappa shape index (κ2) is 18.9. The lowest BCUT2D eigenvalue weighted by atomic mass is 9.74. The average molecular weight is 979 g/mol. The molecule has 0 radical (unpaired) electrons. The molecule has 0 N–H and O–H groups in total. The van der Waals surface area contributed by atoms with Crippen molar-refractivity contribution < 1.29 is 51.7 Å². The van der Waals surface area contributed by atoms with E-state index in [1.807, 2.05) is 128 Å². The van der Waals surface area contributed by atoms with Crippen LogP contribution in [0.2, 0.25) is 37.3 Å². The Morgan fingerprint density at radius 3 is 1.01 bits per heavy atom. The first-order valence-corrected chi connectivity index (χ1v) is 29.8. The van der Waals surface area contributed by atoms with Crippen LogP contribution in [-0.4, -0.2) is 91.0 Å². The maximum Gasteiger partial charge on any atom is 0.418 e. The lowest BCUT2D eigenvalue weighted by Gasteiger charge is -2.40. The number of imide groups is 2. The molecule has 0 saturated carbocycles. The molecule has 4 amide bonds. The van der Waals surface area contributed by atoms with Crippen LogP contribution in [0.3, 0.4) is 0 Å². The molecule has 69 heavy (non-hydrogen) atoms. The molecule has 0 aliphatic carbocycles. The van der Waals surface area contributed by atoms with Crippen molar-refractivity contribution in [2.24, 2.45) is 11.8 Å². The summed E-state index contributed by atoms with van der Waals surface area (Å²) in [7, 11) is 0.707. The molecule has 4 atom stereocenters. The number of hydrogen-bond acceptors (Lipinski definition) is 11. The second-order valence-corrected chi connectivity index (χ2v) is 29.6. The van der Waals surface area contributed by atoms with E-state index in [4.69, 9.17) is 32.5 Å². The molecule has 3 aliphatic heterocycles. The molecule has 0 bridgehead atoms. The van der Waals surface area contributed by atoms with Gasteiger partial charge in [-0.05, 0) is 125 Å². The molecule has 0 spiro atoms. The van der Waals surface area contributed by atoms with E-state index in [1.165, 1.54) is 9.80 Å². The zero-order chi connectivity index (χ0) is 50.7. The molecule has 13 nitrogen and oxygen atoms in total. The van der Waals surface area contributed by atoms with Gasteiger partial charge in [0.1, 0.15) is 23.0 Å². The Morgan fingerprint density at radius 1 is 0.522 bits per heavy atom. The van der Waals surface area contributed by atoms with Crippen LogP contribution in [0.1, 0.15) is 85.0 Å². The van der Waals surface area contributed by atoms with Crippen LogP contribution >= 0.6 is 0 Å². The van der Waals surface area contributed by atoms with E-state index in [0.717, 1.165) is 22.3 Å². The first kappa shape index (κ1) is 51.2. The van der Waals surface area contributed by atoms with Gasteiger partial charge in [-0.25, -0.2) is 19.4 Å². The third-order valence-electron chi connectivity index (χ3n) is 14.7. The smallest absolute Gasteiger partial charge is 0.418 e. The Bertz CT molecular complexity index is 2380. The van der Waals surface area contributed by atoms with Crippen LogP contribution in [0.4, 0.5) is 9.59 Å². The minimum Gasteiger partial charge on any atom is -0.496 e. The van der Waals surface area contributed by atoms with Crippen molar-refractivity contribution in [3.63, 3.8) is 0 Å². The summed E-state index contributed by atoms with van der Waals surface area (Å²) < 4.78 is 44.3. The number of benzene rings is 4. The van der Waals surface area contributed by atoms with Crippen molar-refractivity contribution in [1.82, 2.24) is 9.80 Å². The molecule has 15 heteroatoms. The summed E-state index contributed by atoms with van der Waals surface area (Å²) in [5, 5.41) is 0. The van der Waals surface area contributed by atoms with Crippen molar-refractivity contribution in [3.05, 3.63) is 117 Å². The summed E-state index contributed by atoms with van der Waals surface area (Å²) in [5.74, 6) is 0.456. The van der Waals surface area contributed by atoms with Gasteiger partial charge in [0.05, 0.1) is 40.5 Å². The number of cyclic esters (lactones) is 2. The van der Waals surface area contributed by atoms with Crippen LogP contribution in [0.25, 0.3) is 0 Å². The highest BCUT2D eigenvalue weighted by Crippen LogP contribution is 2.58. The monoisotopic (exact) mass is 978 g/mol. The third-order valence-corrected chi connectivity index (χ3v) is 24.0. The number of hydrogen-bond donors (Lipinski definition) is 0. The Hall–Kier alpha value is -5.65. The van der Waals surface area contributed by atoms with Crippen LogP contribution in [0.5, 0.6) is 23.0 Å². The van der Waals surface area contributed by atoms with Crippen molar-refractivity contribution in [2.45, 2.75) is 129 Å². The summed E-state index contributed by atoms with van der Waals surface area (Å²) >= 11 is 0. The predicted octanol–water partition coefficient (Wildman–Crippen LogP) is 11.1. The number of carbonyl (C=O) groups excluding carboxylic acids is 4. The fraction of sp³-hybridized carbons (Fsp3) is 0.481. The van der Waals surface area contributed by atoms with Gasteiger partial charge in [-0.1, -0.05) is 74.2 Å². The Morgan fingerprint density at radius 2 is 0.783 bits per heavy atom. The van der Waals surface area contributed by atoms with Gasteiger partial charge >= 0.3 is 12.2 Å². The quantitative estimate of drug-likeness (QED) is 0.112. The summed E-state index contributed by atoms with van der Waals surface area (Å²) in [4.78, 5) is 63.0. The molecule has 3 aliphatic rings. The zero-order valence-electron chi connectivity index (χ0n) is 43.2. The molecule has 4 aromatic carbocycles. The maximum absolute atomic E-state index is 15.4. The SMILES string of the molecule is COc1ccc(C)cc1C1(c2cc(C)ccc2OC)OC(=O)N(C(=O)C[C@@H]2[C@@H](CC(=O)N3C(=O)OC(c4cc(C)ccc4OC)(c4cc(C)ccc4OC)[C@@H]3C(C)C)[Si](C)(C)O[Si]2(C)C)[C@H]1C(C)C. The standard InChI is InChI=1S/C54H70N2O11Si2/c1-31(2)49-53(37-25-33(5)17-21-41(37)61-9,38-26-34(6)18-22-42(38)62-10)65-51(59)55(49)47(57)29-45-46(69(15,16)67-68(45,13)14)30-48(58)56-50(32(3)4)54(66-52(56)60,39-27-35(7)19-23-43(39)63-11)40-28-36(8)20-24-44(40)64-12/h17-28,31-32,45-46,49-50H,29-30H2,1-16H3/t45-,46-,49+,50+/m1/s1. The molecule has 3 heterocycles. The molecule has 0 aromatic heterocycles. The molecule has 370 valence electrons. The highest BCUT2D eigenvalue weighted by molar-refractivity contribution is 6.91. The number of carbonyl (C=O) groups is 4. The third kappa shape index (κ3) is 8.62. The minimum atomic E-state index is -2.79. The van der Waals surface area contributed by atoms with Crippen molar-refractivity contribution in [1.29, 1.82) is 0 Å². The highest BCUT2D eigenvalue weighted by atomic mass is 28.4. The summed E-state index contributed by atoms with van der Waals surface area (Å²) in [6.07, 6.45) is -1.74. The number of rotatable bonds is 14. The van der Waals surface area contributed by atoms with Gasteiger partial charge in [0, 0.05) is 35.1 Å². The van der Waals surface area contributed by atoms with Gasteiger partial charge in [0.15, 0.2) is 27.8 Å². The van der Waals surface area contributed by atoms with Crippen LogP contribution in [0, 0.1) is 39.5 Å². The number of nitrogens with zero attached hydrogens (tertiary/aromatic N) is 2. The van der Waals surface area contributed by atoms with E-state index in [9.17, 15) is 9.59 Å². The highest BCUT2D eigenvalue weighted by Gasteiger charge is 2.65. The van der Waals surface area contributed by atoms with E-state index in [-0.39, 0.29) is 24.7 Å². The Kier molecular flexibility index (Phi) is 14.0. The van der Waals surface area contributed by atoms with E-state index >= 15 is 9.59 Å². The first-order chi connectivity index (χ1) is 32.4. The molecular weight excluding hydrogens is 909 g/mol. The molecule has 4 aromatic rings. The number of amides is 4. The normalized spacial score (nSPS) is 22.2. The predicted molar refractivity (Wildman–Crippen MR) is 269 cm³/mol. The fourth-order valence-corrected chi connectivity index (χ4v) is 24.4. The molecule has 3 fully saturated rings. The van der Waals surface area contributed by atoms with Crippen molar-refractivity contribution >= 4 is 40.6 Å². The van der Waals surface area contributed by atoms with E-state index in [2.05, 4.69) is 26.2 Å². The number of ether oxygens (including phenoxy) is 6. The Balaban J connectivity index is 1.31. The zero-order valence-corrected chi connectivity index (χ0v) is 45.2. The second-order valence-electron chi connectivity index (χ2n) is 20.9. The lowest BCUT2D eigenvalue weighted by molar-refractivity contribution is -0.132. The van der Waals surface area contributed by atoms with Gasteiger partial charge in [-0.15, -0.1) is 0 Å². The largest absolute Gasteiger partial charge is 0.496 e. The van der Waals surface area contributed by atoms with E-state index in [0.29, 0.717) is 45.3 Å². The van der Waals surface area contributed by atoms with E-state index < -0.39 is 75.0 Å². The topological polar surface area (TPSA) is 139 Å². The number of aryl methyl sites for hydroxylation is 4. The Labute approximate surface area is 410 Å². The average Bonchev–Trinajstić information content (AvgIpc) is 3.84. The van der Waals surface area contributed by atoms with Gasteiger partial charge in [0.2, 0.25) is 11.8 Å². The van der Waals surface area contributed by atoms with E-state index in [1.54, 1.807) is 28.4 Å². The van der Waals surface area contributed by atoms with Crippen molar-refractivity contribution in [2.75, 3.05) is 28.4 Å². The van der Waals surface area contributed by atoms with Gasteiger partial charge < -0.3 is 32.5 Å².